The number of hydrogen-bond donors (Lipinski definition) is 0. The molecule has 5 heteroatoms. The van der Waals surface area contributed by atoms with Crippen LogP contribution in [0.4, 0.5) is 8.78 Å². The Morgan fingerprint density at radius 1 is 1.10 bits per heavy atom. The van der Waals surface area contributed by atoms with Crippen molar-refractivity contribution in [2.24, 2.45) is 0 Å². The first-order valence-electron chi connectivity index (χ1n) is 6.09. The van der Waals surface area contributed by atoms with Crippen LogP contribution >= 0.6 is 11.6 Å². The Morgan fingerprint density at radius 3 is 2.60 bits per heavy atom. The first kappa shape index (κ1) is 13.1. The number of benzene rings is 2. The number of halogens is 3. The van der Waals surface area contributed by atoms with Crippen LogP contribution in [0.3, 0.4) is 0 Å². The molecule has 3 rings (SSSR count). The molecular weight excluding hydrogens is 282 g/mol. The van der Waals surface area contributed by atoms with Crippen LogP contribution in [0, 0.1) is 18.6 Å². The van der Waals surface area contributed by atoms with Gasteiger partial charge in [-0.05, 0) is 42.8 Å². The molecule has 1 heterocycles. The number of alkyl halides is 1. The Kier molecular flexibility index (Phi) is 3.18. The van der Waals surface area contributed by atoms with Crippen LogP contribution < -0.4 is 0 Å². The summed E-state index contributed by atoms with van der Waals surface area (Å²) in [6.45, 7) is 1.80. The van der Waals surface area contributed by atoms with Gasteiger partial charge in [0.1, 0.15) is 17.5 Å². The number of nitrogens with zero attached hydrogens (tertiary/aromatic N) is 2. The second-order valence-corrected chi connectivity index (χ2v) is 4.88. The molecular formula is C15H11ClF2N2. The van der Waals surface area contributed by atoms with Crippen LogP contribution in [0.1, 0.15) is 11.4 Å². The maximum atomic E-state index is 13.6. The molecule has 0 saturated carbocycles. The number of aromatic nitrogens is 2. The predicted octanol–water partition coefficient (Wildman–Crippen LogP) is 4.35. The van der Waals surface area contributed by atoms with E-state index in [1.54, 1.807) is 17.6 Å². The molecule has 1 aromatic heterocycles. The zero-order chi connectivity index (χ0) is 14.3. The van der Waals surface area contributed by atoms with E-state index in [1.165, 1.54) is 24.3 Å². The molecule has 0 bridgehead atoms. The number of fused-ring (bicyclic) bond motifs is 1. The van der Waals surface area contributed by atoms with Crippen molar-refractivity contribution in [3.63, 3.8) is 0 Å². The zero-order valence-electron chi connectivity index (χ0n) is 10.7. The third-order valence-corrected chi connectivity index (χ3v) is 3.33. The van der Waals surface area contributed by atoms with E-state index in [9.17, 15) is 8.78 Å². The highest BCUT2D eigenvalue weighted by Gasteiger charge is 2.13. The van der Waals surface area contributed by atoms with E-state index in [-0.39, 0.29) is 17.5 Å². The topological polar surface area (TPSA) is 17.8 Å². The summed E-state index contributed by atoms with van der Waals surface area (Å²) in [4.78, 5) is 4.35. The Bertz CT molecular complexity index is 776. The molecule has 0 aliphatic heterocycles. The van der Waals surface area contributed by atoms with Crippen molar-refractivity contribution in [2.45, 2.75) is 12.8 Å². The third-order valence-electron chi connectivity index (χ3n) is 3.09. The fourth-order valence-corrected chi connectivity index (χ4v) is 2.50. The van der Waals surface area contributed by atoms with E-state index < -0.39 is 0 Å². The quantitative estimate of drug-likeness (QED) is 0.642. The summed E-state index contributed by atoms with van der Waals surface area (Å²) in [5.41, 5.74) is 2.57. The molecule has 0 aliphatic carbocycles. The van der Waals surface area contributed by atoms with E-state index in [2.05, 4.69) is 4.98 Å². The van der Waals surface area contributed by atoms with Gasteiger partial charge in [0, 0.05) is 6.07 Å². The maximum absolute atomic E-state index is 13.6. The van der Waals surface area contributed by atoms with Crippen LogP contribution in [-0.4, -0.2) is 9.55 Å². The van der Waals surface area contributed by atoms with Crippen molar-refractivity contribution in [3.8, 4) is 5.69 Å². The molecule has 0 spiro atoms. The zero-order valence-corrected chi connectivity index (χ0v) is 11.5. The minimum atomic E-state index is -0.368. The first-order chi connectivity index (χ1) is 9.58. The predicted molar refractivity (Wildman–Crippen MR) is 75.3 cm³/mol. The minimum Gasteiger partial charge on any atom is -0.295 e. The highest BCUT2D eigenvalue weighted by atomic mass is 35.5. The van der Waals surface area contributed by atoms with Crippen LogP contribution in [0.25, 0.3) is 16.7 Å². The first-order valence-corrected chi connectivity index (χ1v) is 6.62. The Morgan fingerprint density at radius 2 is 1.90 bits per heavy atom. The second kappa shape index (κ2) is 4.87. The van der Waals surface area contributed by atoms with E-state index in [0.29, 0.717) is 22.5 Å². The lowest BCUT2D eigenvalue weighted by molar-refractivity contribution is 0.625. The highest BCUT2D eigenvalue weighted by molar-refractivity contribution is 6.17. The number of rotatable bonds is 2. The van der Waals surface area contributed by atoms with Gasteiger partial charge in [-0.25, -0.2) is 13.8 Å². The minimum absolute atomic E-state index is 0.159. The molecule has 2 aromatic carbocycles. The van der Waals surface area contributed by atoms with Crippen molar-refractivity contribution < 1.29 is 8.78 Å². The monoisotopic (exact) mass is 292 g/mol. The largest absolute Gasteiger partial charge is 0.295 e. The summed E-state index contributed by atoms with van der Waals surface area (Å²) in [6, 6.07) is 8.93. The van der Waals surface area contributed by atoms with E-state index in [1.807, 2.05) is 6.07 Å². The van der Waals surface area contributed by atoms with Crippen LogP contribution in [0.15, 0.2) is 36.4 Å². The normalized spacial score (nSPS) is 11.2. The molecule has 0 N–H and O–H groups in total. The van der Waals surface area contributed by atoms with Crippen LogP contribution in [0.5, 0.6) is 0 Å². The van der Waals surface area contributed by atoms with Gasteiger partial charge in [0.2, 0.25) is 0 Å². The average molecular weight is 293 g/mol. The smallest absolute Gasteiger partial charge is 0.129 e. The van der Waals surface area contributed by atoms with Crippen molar-refractivity contribution in [1.82, 2.24) is 9.55 Å². The summed E-state index contributed by atoms with van der Waals surface area (Å²) in [7, 11) is 0. The molecule has 0 unspecified atom stereocenters. The molecule has 0 aliphatic rings. The van der Waals surface area contributed by atoms with E-state index >= 15 is 0 Å². The SMILES string of the molecule is Cc1cc(F)cc(-n2c(CCl)nc3ccc(F)cc32)c1. The Labute approximate surface area is 119 Å². The van der Waals surface area contributed by atoms with Gasteiger partial charge in [-0.1, -0.05) is 0 Å². The lowest BCUT2D eigenvalue weighted by Gasteiger charge is -2.09. The third kappa shape index (κ3) is 2.16. The van der Waals surface area contributed by atoms with Gasteiger partial charge in [-0.15, -0.1) is 11.6 Å². The molecule has 102 valence electrons. The summed E-state index contributed by atoms with van der Waals surface area (Å²) in [5.74, 6) is -0.00443. The van der Waals surface area contributed by atoms with Gasteiger partial charge in [0.25, 0.3) is 0 Å². The number of aryl methyl sites for hydroxylation is 1. The van der Waals surface area contributed by atoms with Gasteiger partial charge in [-0.3, -0.25) is 4.57 Å². The van der Waals surface area contributed by atoms with Gasteiger partial charge in [0.15, 0.2) is 0 Å². The molecule has 0 amide bonds. The Balaban J connectivity index is 2.35. The van der Waals surface area contributed by atoms with Crippen molar-refractivity contribution in [1.29, 1.82) is 0 Å². The van der Waals surface area contributed by atoms with Gasteiger partial charge >= 0.3 is 0 Å². The fraction of sp³-hybridized carbons (Fsp3) is 0.133. The fourth-order valence-electron chi connectivity index (χ4n) is 2.32. The maximum Gasteiger partial charge on any atom is 0.129 e. The van der Waals surface area contributed by atoms with E-state index in [0.717, 1.165) is 5.56 Å². The average Bonchev–Trinajstić information content (AvgIpc) is 2.75. The molecule has 0 fully saturated rings. The molecule has 2 nitrogen and oxygen atoms in total. The van der Waals surface area contributed by atoms with Gasteiger partial charge in [-0.2, -0.15) is 0 Å². The molecule has 3 aromatic rings. The molecule has 0 radical (unpaired) electrons. The highest BCUT2D eigenvalue weighted by Crippen LogP contribution is 2.24. The molecule has 0 atom stereocenters. The lowest BCUT2D eigenvalue weighted by atomic mass is 10.2. The van der Waals surface area contributed by atoms with Gasteiger partial charge in [0.05, 0.1) is 22.6 Å². The molecule has 20 heavy (non-hydrogen) atoms. The van der Waals surface area contributed by atoms with Crippen molar-refractivity contribution >= 4 is 22.6 Å². The summed E-state index contributed by atoms with van der Waals surface area (Å²) < 4.78 is 28.7. The summed E-state index contributed by atoms with van der Waals surface area (Å²) >= 11 is 5.90. The van der Waals surface area contributed by atoms with Gasteiger partial charge < -0.3 is 0 Å². The molecule has 0 saturated heterocycles. The Hall–Kier alpha value is -1.94. The van der Waals surface area contributed by atoms with Crippen LogP contribution in [-0.2, 0) is 5.88 Å². The number of imidazole rings is 1. The van der Waals surface area contributed by atoms with Crippen molar-refractivity contribution in [2.75, 3.05) is 0 Å². The summed E-state index contributed by atoms with van der Waals surface area (Å²) in [5, 5.41) is 0. The van der Waals surface area contributed by atoms with Crippen LogP contribution in [0.2, 0.25) is 0 Å². The standard InChI is InChI=1S/C15H11ClF2N2/c1-9-4-11(18)6-12(5-9)20-14-7-10(17)2-3-13(14)19-15(20)8-16/h2-7H,8H2,1H3. The van der Waals surface area contributed by atoms with E-state index in [4.69, 9.17) is 11.6 Å². The summed E-state index contributed by atoms with van der Waals surface area (Å²) in [6.07, 6.45) is 0. The number of hydrogen-bond acceptors (Lipinski definition) is 1. The second-order valence-electron chi connectivity index (χ2n) is 4.62. The lowest BCUT2D eigenvalue weighted by Crippen LogP contribution is -2.00. The van der Waals surface area contributed by atoms with Crippen molar-refractivity contribution in [3.05, 3.63) is 59.4 Å².